The van der Waals surface area contributed by atoms with Crippen molar-refractivity contribution in [1.82, 2.24) is 9.78 Å². The standard InChI is InChI=1S/C17H19N3/c1-13-8-9-16-15(12-13)17(14-6-3-2-4-7-14)19-20(16)11-5-10-18/h2-4,6-9,12H,5,10-11,18H2,1H3. The fourth-order valence-corrected chi connectivity index (χ4v) is 2.51. The van der Waals surface area contributed by atoms with E-state index in [-0.39, 0.29) is 0 Å². The van der Waals surface area contributed by atoms with Crippen LogP contribution >= 0.6 is 0 Å². The Hall–Kier alpha value is -2.13. The topological polar surface area (TPSA) is 43.8 Å². The minimum atomic E-state index is 0.688. The summed E-state index contributed by atoms with van der Waals surface area (Å²) in [7, 11) is 0. The second kappa shape index (κ2) is 5.47. The van der Waals surface area contributed by atoms with Crippen molar-refractivity contribution in [2.45, 2.75) is 19.9 Å². The lowest BCUT2D eigenvalue weighted by Gasteiger charge is -2.01. The number of benzene rings is 2. The van der Waals surface area contributed by atoms with Crippen molar-refractivity contribution < 1.29 is 0 Å². The molecule has 0 fully saturated rings. The fourth-order valence-electron chi connectivity index (χ4n) is 2.51. The molecule has 3 aromatic rings. The van der Waals surface area contributed by atoms with Crippen molar-refractivity contribution in [2.24, 2.45) is 5.73 Å². The summed E-state index contributed by atoms with van der Waals surface area (Å²) < 4.78 is 2.07. The van der Waals surface area contributed by atoms with Gasteiger partial charge in [0.15, 0.2) is 0 Å². The van der Waals surface area contributed by atoms with E-state index in [1.165, 1.54) is 16.5 Å². The Balaban J connectivity index is 2.18. The smallest absolute Gasteiger partial charge is 0.100 e. The number of hydrogen-bond acceptors (Lipinski definition) is 2. The molecule has 102 valence electrons. The Morgan fingerprint density at radius 2 is 1.90 bits per heavy atom. The average molecular weight is 265 g/mol. The molecule has 3 nitrogen and oxygen atoms in total. The normalized spacial score (nSPS) is 11.1. The molecule has 0 saturated heterocycles. The molecule has 20 heavy (non-hydrogen) atoms. The van der Waals surface area contributed by atoms with E-state index >= 15 is 0 Å². The van der Waals surface area contributed by atoms with Crippen LogP contribution in [0, 0.1) is 6.92 Å². The van der Waals surface area contributed by atoms with E-state index < -0.39 is 0 Å². The minimum Gasteiger partial charge on any atom is -0.330 e. The summed E-state index contributed by atoms with van der Waals surface area (Å²) in [6.45, 7) is 3.67. The zero-order valence-corrected chi connectivity index (χ0v) is 11.7. The third-order valence-electron chi connectivity index (χ3n) is 3.53. The van der Waals surface area contributed by atoms with Crippen LogP contribution in [0.15, 0.2) is 48.5 Å². The zero-order chi connectivity index (χ0) is 13.9. The van der Waals surface area contributed by atoms with Gasteiger partial charge in [-0.1, -0.05) is 42.0 Å². The molecule has 0 saturated carbocycles. The molecule has 1 heterocycles. The van der Waals surface area contributed by atoms with Crippen molar-refractivity contribution >= 4 is 10.9 Å². The number of nitrogens with two attached hydrogens (primary N) is 1. The van der Waals surface area contributed by atoms with Crippen LogP contribution in [-0.2, 0) is 6.54 Å². The van der Waals surface area contributed by atoms with E-state index in [0.29, 0.717) is 6.54 Å². The molecule has 0 spiro atoms. The lowest BCUT2D eigenvalue weighted by Crippen LogP contribution is -2.06. The first kappa shape index (κ1) is 12.9. The molecule has 0 unspecified atom stereocenters. The number of nitrogens with zero attached hydrogens (tertiary/aromatic N) is 2. The van der Waals surface area contributed by atoms with Crippen LogP contribution in [0.1, 0.15) is 12.0 Å². The molecular weight excluding hydrogens is 246 g/mol. The number of aromatic nitrogens is 2. The van der Waals surface area contributed by atoms with Crippen LogP contribution in [0.5, 0.6) is 0 Å². The van der Waals surface area contributed by atoms with Crippen LogP contribution in [0.25, 0.3) is 22.2 Å². The highest BCUT2D eigenvalue weighted by molar-refractivity contribution is 5.93. The van der Waals surface area contributed by atoms with Crippen molar-refractivity contribution in [3.63, 3.8) is 0 Å². The van der Waals surface area contributed by atoms with Gasteiger partial charge in [-0.25, -0.2) is 0 Å². The van der Waals surface area contributed by atoms with Gasteiger partial charge in [0.25, 0.3) is 0 Å². The maximum absolute atomic E-state index is 5.62. The zero-order valence-electron chi connectivity index (χ0n) is 11.7. The second-order valence-electron chi connectivity index (χ2n) is 5.10. The number of fused-ring (bicyclic) bond motifs is 1. The summed E-state index contributed by atoms with van der Waals surface area (Å²) in [4.78, 5) is 0. The predicted molar refractivity (Wildman–Crippen MR) is 83.6 cm³/mol. The Morgan fingerprint density at radius 3 is 2.65 bits per heavy atom. The van der Waals surface area contributed by atoms with Gasteiger partial charge < -0.3 is 5.73 Å². The van der Waals surface area contributed by atoms with Gasteiger partial charge in [0.05, 0.1) is 5.52 Å². The van der Waals surface area contributed by atoms with Crippen molar-refractivity contribution in [2.75, 3.05) is 6.54 Å². The lowest BCUT2D eigenvalue weighted by molar-refractivity contribution is 0.604. The van der Waals surface area contributed by atoms with E-state index in [2.05, 4.69) is 54.1 Å². The molecule has 0 bridgehead atoms. The Morgan fingerprint density at radius 1 is 1.10 bits per heavy atom. The van der Waals surface area contributed by atoms with E-state index in [1.54, 1.807) is 0 Å². The van der Waals surface area contributed by atoms with Crippen LogP contribution < -0.4 is 5.73 Å². The van der Waals surface area contributed by atoms with Gasteiger partial charge in [-0.05, 0) is 32.0 Å². The van der Waals surface area contributed by atoms with Crippen molar-refractivity contribution in [3.8, 4) is 11.3 Å². The molecule has 2 aromatic carbocycles. The summed E-state index contributed by atoms with van der Waals surface area (Å²) >= 11 is 0. The highest BCUT2D eigenvalue weighted by Crippen LogP contribution is 2.28. The largest absolute Gasteiger partial charge is 0.330 e. The van der Waals surface area contributed by atoms with Crippen molar-refractivity contribution in [1.29, 1.82) is 0 Å². The molecule has 0 amide bonds. The maximum atomic E-state index is 5.62. The third-order valence-corrected chi connectivity index (χ3v) is 3.53. The Kier molecular flexibility index (Phi) is 3.52. The van der Waals surface area contributed by atoms with Crippen LogP contribution in [0.3, 0.4) is 0 Å². The summed E-state index contributed by atoms with van der Waals surface area (Å²) in [6, 6.07) is 16.9. The van der Waals surface area contributed by atoms with Gasteiger partial charge in [-0.15, -0.1) is 0 Å². The highest BCUT2D eigenvalue weighted by Gasteiger charge is 2.11. The molecule has 0 radical (unpaired) electrons. The molecule has 0 aliphatic carbocycles. The Labute approximate surface area is 119 Å². The molecule has 3 rings (SSSR count). The first-order chi connectivity index (χ1) is 9.79. The average Bonchev–Trinajstić information content (AvgIpc) is 2.84. The highest BCUT2D eigenvalue weighted by atomic mass is 15.3. The quantitative estimate of drug-likeness (QED) is 0.786. The minimum absolute atomic E-state index is 0.688. The number of aryl methyl sites for hydroxylation is 2. The maximum Gasteiger partial charge on any atom is 0.100 e. The monoisotopic (exact) mass is 265 g/mol. The van der Waals surface area contributed by atoms with Gasteiger partial charge in [0, 0.05) is 17.5 Å². The Bertz CT molecular complexity index is 714. The molecule has 3 heteroatoms. The molecule has 1 aromatic heterocycles. The molecule has 2 N–H and O–H groups in total. The van der Waals surface area contributed by atoms with Crippen LogP contribution in [0.4, 0.5) is 0 Å². The summed E-state index contributed by atoms with van der Waals surface area (Å²) in [5, 5.41) is 6.02. The first-order valence-electron chi connectivity index (χ1n) is 7.02. The predicted octanol–water partition coefficient (Wildman–Crippen LogP) is 3.36. The number of hydrogen-bond donors (Lipinski definition) is 1. The summed E-state index contributed by atoms with van der Waals surface area (Å²) in [6.07, 6.45) is 0.943. The second-order valence-corrected chi connectivity index (χ2v) is 5.10. The van der Waals surface area contributed by atoms with Crippen LogP contribution in [0.2, 0.25) is 0 Å². The lowest BCUT2D eigenvalue weighted by atomic mass is 10.1. The van der Waals surface area contributed by atoms with Gasteiger partial charge in [-0.2, -0.15) is 5.10 Å². The fraction of sp³-hybridized carbons (Fsp3) is 0.235. The van der Waals surface area contributed by atoms with E-state index in [0.717, 1.165) is 24.2 Å². The van der Waals surface area contributed by atoms with Gasteiger partial charge in [0.2, 0.25) is 0 Å². The third kappa shape index (κ3) is 2.32. The van der Waals surface area contributed by atoms with Gasteiger partial charge in [-0.3, -0.25) is 4.68 Å². The van der Waals surface area contributed by atoms with Crippen LogP contribution in [-0.4, -0.2) is 16.3 Å². The molecule has 0 aliphatic heterocycles. The molecule has 0 aliphatic rings. The van der Waals surface area contributed by atoms with Gasteiger partial charge in [0.1, 0.15) is 5.69 Å². The van der Waals surface area contributed by atoms with Crippen molar-refractivity contribution in [3.05, 3.63) is 54.1 Å². The van der Waals surface area contributed by atoms with Gasteiger partial charge >= 0.3 is 0 Å². The molecular formula is C17H19N3. The SMILES string of the molecule is Cc1ccc2c(c1)c(-c1ccccc1)nn2CCCN. The summed E-state index contributed by atoms with van der Waals surface area (Å²) in [5.74, 6) is 0. The van der Waals surface area contributed by atoms with E-state index in [4.69, 9.17) is 10.8 Å². The van der Waals surface area contributed by atoms with E-state index in [1.807, 2.05) is 6.07 Å². The number of rotatable bonds is 4. The molecule has 0 atom stereocenters. The summed E-state index contributed by atoms with van der Waals surface area (Å²) in [5.41, 5.74) is 10.3. The van der Waals surface area contributed by atoms with E-state index in [9.17, 15) is 0 Å². The first-order valence-corrected chi connectivity index (χ1v) is 7.02.